The standard InChI is InChI=1S/C66H102N2O4/c1-4-7-10-13-16-19-22-25-28-31-34-37-40-43-46-49-52-57-70-63-60-62(66(69)68-56-55-67)61-64(71-58-53-50-47-44-41-38-35-32-29-26-23-20-17-14-11-8-5-2)65(63)72-59-54-51-48-45-42-39-36-33-30-27-24-21-18-15-12-9-6-3/h60-61H,4-36,49-59,67H2,1-3H3,(H,68,69). The van der Waals surface area contributed by atoms with Crippen LogP contribution in [-0.2, 0) is 0 Å². The molecule has 0 aliphatic heterocycles. The van der Waals surface area contributed by atoms with Crippen LogP contribution < -0.4 is 25.3 Å². The van der Waals surface area contributed by atoms with Crippen molar-refractivity contribution >= 4 is 5.91 Å². The van der Waals surface area contributed by atoms with E-state index in [0.717, 1.165) is 38.5 Å². The molecule has 1 aromatic rings. The maximum absolute atomic E-state index is 13.2. The highest BCUT2D eigenvalue weighted by Gasteiger charge is 2.19. The van der Waals surface area contributed by atoms with Crippen molar-refractivity contribution in [3.05, 3.63) is 17.7 Å². The predicted molar refractivity (Wildman–Crippen MR) is 308 cm³/mol. The number of hydrogen-bond donors (Lipinski definition) is 2. The molecular weight excluding hydrogens is 885 g/mol. The highest BCUT2D eigenvalue weighted by Crippen LogP contribution is 2.39. The summed E-state index contributed by atoms with van der Waals surface area (Å²) in [6.07, 6.45) is 46.4. The summed E-state index contributed by atoms with van der Waals surface area (Å²) in [5.74, 6) is 38.5. The van der Waals surface area contributed by atoms with E-state index in [2.05, 4.69) is 97.1 Å². The first kappa shape index (κ1) is 65.4. The zero-order valence-corrected chi connectivity index (χ0v) is 46.5. The van der Waals surface area contributed by atoms with Crippen molar-refractivity contribution in [1.29, 1.82) is 0 Å². The molecule has 1 amide bonds. The van der Waals surface area contributed by atoms with Crippen molar-refractivity contribution in [2.75, 3.05) is 32.9 Å². The predicted octanol–water partition coefficient (Wildman–Crippen LogP) is 16.8. The maximum Gasteiger partial charge on any atom is 0.251 e. The summed E-state index contributed by atoms with van der Waals surface area (Å²) in [6.45, 7) is 8.69. The largest absolute Gasteiger partial charge is 0.489 e. The third-order valence-electron chi connectivity index (χ3n) is 12.5. The van der Waals surface area contributed by atoms with Crippen LogP contribution >= 0.6 is 0 Å². The Balaban J connectivity index is 2.80. The van der Waals surface area contributed by atoms with Crippen LogP contribution in [0.3, 0.4) is 0 Å². The first-order chi connectivity index (χ1) is 35.7. The van der Waals surface area contributed by atoms with E-state index in [-0.39, 0.29) is 5.91 Å². The van der Waals surface area contributed by atoms with Gasteiger partial charge in [-0.05, 0) is 86.2 Å². The van der Waals surface area contributed by atoms with Gasteiger partial charge in [-0.1, -0.05) is 230 Å². The molecule has 0 radical (unpaired) electrons. The summed E-state index contributed by atoms with van der Waals surface area (Å²) in [6, 6.07) is 3.45. The van der Waals surface area contributed by atoms with E-state index in [4.69, 9.17) is 19.9 Å². The van der Waals surface area contributed by atoms with Crippen molar-refractivity contribution in [2.45, 2.75) is 271 Å². The number of hydrogen-bond acceptors (Lipinski definition) is 5. The summed E-state index contributed by atoms with van der Waals surface area (Å²) in [4.78, 5) is 13.2. The van der Waals surface area contributed by atoms with Crippen molar-refractivity contribution in [3.8, 4) is 88.3 Å². The number of unbranched alkanes of at least 4 members (excludes halogenated alkanes) is 33. The van der Waals surface area contributed by atoms with E-state index < -0.39 is 0 Å². The summed E-state index contributed by atoms with van der Waals surface area (Å²) in [7, 11) is 0. The van der Waals surface area contributed by atoms with Gasteiger partial charge in [-0.25, -0.2) is 0 Å². The van der Waals surface area contributed by atoms with Crippen LogP contribution in [-0.4, -0.2) is 38.8 Å². The molecule has 0 saturated heterocycles. The lowest BCUT2D eigenvalue weighted by molar-refractivity contribution is 0.0953. The molecule has 0 aliphatic rings. The lowest BCUT2D eigenvalue weighted by atomic mass is 10.1. The molecule has 72 heavy (non-hydrogen) atoms. The molecule has 1 rings (SSSR count). The highest BCUT2D eigenvalue weighted by molar-refractivity contribution is 5.95. The number of nitrogens with two attached hydrogens (primary N) is 1. The fourth-order valence-corrected chi connectivity index (χ4v) is 8.11. The molecule has 0 aromatic heterocycles. The minimum Gasteiger partial charge on any atom is -0.489 e. The molecule has 3 N–H and O–H groups in total. The number of amides is 1. The van der Waals surface area contributed by atoms with Crippen LogP contribution in [0.2, 0.25) is 0 Å². The lowest BCUT2D eigenvalue weighted by Crippen LogP contribution is -2.29. The number of ether oxygens (including phenoxy) is 3. The Bertz CT molecular complexity index is 1760. The smallest absolute Gasteiger partial charge is 0.251 e. The molecular formula is C66H102N2O4. The fourth-order valence-electron chi connectivity index (χ4n) is 8.11. The fraction of sp³-hybridized carbons (Fsp3) is 0.712. The van der Waals surface area contributed by atoms with Crippen molar-refractivity contribution in [1.82, 2.24) is 5.32 Å². The summed E-state index contributed by atoms with van der Waals surface area (Å²) < 4.78 is 19.0. The SMILES string of the molecule is CCCCCCCCCCCCC#CC#CCCCOc1cc(C(=O)NCCN)cc(OCCCC#CC#CCCCCCCCCCCCC)c1OCCCC#CC#CCCCCCCCCCCCC. The zero-order valence-electron chi connectivity index (χ0n) is 46.5. The Morgan fingerprint density at radius 2 is 0.653 bits per heavy atom. The second-order valence-corrected chi connectivity index (χ2v) is 19.3. The molecule has 0 fully saturated rings. The molecule has 6 nitrogen and oxygen atoms in total. The van der Waals surface area contributed by atoms with E-state index >= 15 is 0 Å². The number of nitrogens with one attached hydrogen (secondary N) is 1. The van der Waals surface area contributed by atoms with E-state index in [1.165, 1.54) is 173 Å². The van der Waals surface area contributed by atoms with Gasteiger partial charge < -0.3 is 25.3 Å². The zero-order chi connectivity index (χ0) is 51.7. The highest BCUT2D eigenvalue weighted by atomic mass is 16.5. The molecule has 1 aromatic carbocycles. The Morgan fingerprint density at radius 3 is 0.944 bits per heavy atom. The van der Waals surface area contributed by atoms with Gasteiger partial charge in [0.05, 0.1) is 19.8 Å². The van der Waals surface area contributed by atoms with Crippen LogP contribution in [0.4, 0.5) is 0 Å². The Hall–Kier alpha value is -4.59. The first-order valence-electron chi connectivity index (χ1n) is 29.6. The van der Waals surface area contributed by atoms with Crippen LogP contribution in [0.15, 0.2) is 12.1 Å². The molecule has 0 aliphatic carbocycles. The lowest BCUT2D eigenvalue weighted by Gasteiger charge is -2.18. The third-order valence-corrected chi connectivity index (χ3v) is 12.5. The van der Waals surface area contributed by atoms with Crippen LogP contribution in [0.5, 0.6) is 17.2 Å². The first-order valence-corrected chi connectivity index (χ1v) is 29.6. The van der Waals surface area contributed by atoms with Crippen LogP contribution in [0, 0.1) is 71.0 Å². The molecule has 0 spiro atoms. The molecule has 0 heterocycles. The second-order valence-electron chi connectivity index (χ2n) is 19.3. The van der Waals surface area contributed by atoms with Crippen molar-refractivity contribution in [2.24, 2.45) is 5.73 Å². The van der Waals surface area contributed by atoms with Gasteiger partial charge >= 0.3 is 0 Å². The normalized spacial score (nSPS) is 10.1. The van der Waals surface area contributed by atoms with E-state index in [0.29, 0.717) is 94.2 Å². The minimum absolute atomic E-state index is 0.254. The van der Waals surface area contributed by atoms with Gasteiger partial charge in [0.25, 0.3) is 5.91 Å². The van der Waals surface area contributed by atoms with Gasteiger partial charge in [0.15, 0.2) is 11.5 Å². The van der Waals surface area contributed by atoms with Gasteiger partial charge in [0.2, 0.25) is 5.75 Å². The van der Waals surface area contributed by atoms with Gasteiger partial charge in [-0.2, -0.15) is 0 Å². The summed E-state index contributed by atoms with van der Waals surface area (Å²) in [5.41, 5.74) is 6.13. The molecule has 0 saturated carbocycles. The molecule has 0 bridgehead atoms. The van der Waals surface area contributed by atoms with Crippen molar-refractivity contribution in [3.63, 3.8) is 0 Å². The number of rotatable bonds is 45. The summed E-state index contributed by atoms with van der Waals surface area (Å²) in [5, 5.41) is 2.88. The second kappa shape index (κ2) is 54.2. The van der Waals surface area contributed by atoms with E-state index in [1.54, 1.807) is 12.1 Å². The van der Waals surface area contributed by atoms with Gasteiger partial charge in [0, 0.05) is 57.2 Å². The monoisotopic (exact) mass is 987 g/mol. The van der Waals surface area contributed by atoms with Gasteiger partial charge in [-0.15, -0.1) is 0 Å². The van der Waals surface area contributed by atoms with Crippen LogP contribution in [0.1, 0.15) is 282 Å². The number of carbonyl (C=O) groups is 1. The average Bonchev–Trinajstić information content (AvgIpc) is 3.39. The quantitative estimate of drug-likeness (QED) is 0.0503. The molecule has 6 heteroatoms. The summed E-state index contributed by atoms with van der Waals surface area (Å²) >= 11 is 0. The minimum atomic E-state index is -0.254. The number of carbonyl (C=O) groups excluding carboxylic acids is 1. The van der Waals surface area contributed by atoms with E-state index in [1.807, 2.05) is 0 Å². The number of benzene rings is 1. The maximum atomic E-state index is 13.2. The van der Waals surface area contributed by atoms with Crippen LogP contribution in [0.25, 0.3) is 0 Å². The van der Waals surface area contributed by atoms with E-state index in [9.17, 15) is 4.79 Å². The van der Waals surface area contributed by atoms with Gasteiger partial charge in [-0.3, -0.25) is 4.79 Å². The van der Waals surface area contributed by atoms with Crippen molar-refractivity contribution < 1.29 is 19.0 Å². The third kappa shape index (κ3) is 43.0. The Morgan fingerprint density at radius 1 is 0.389 bits per heavy atom. The molecule has 0 atom stereocenters. The topological polar surface area (TPSA) is 82.8 Å². The Labute approximate surface area is 444 Å². The van der Waals surface area contributed by atoms with Gasteiger partial charge in [0.1, 0.15) is 0 Å². The Kier molecular flexibility index (Phi) is 49.2. The molecule has 400 valence electrons. The molecule has 0 unspecified atom stereocenters. The average molecular weight is 988 g/mol.